The van der Waals surface area contributed by atoms with Crippen molar-refractivity contribution in [2.24, 2.45) is 5.16 Å². The van der Waals surface area contributed by atoms with E-state index in [2.05, 4.69) is 10.6 Å². The van der Waals surface area contributed by atoms with Gasteiger partial charge < -0.3 is 9.57 Å². The molecule has 0 radical (unpaired) electrons. The number of nitrogens with one attached hydrogen (secondary N) is 1. The van der Waals surface area contributed by atoms with E-state index in [0.29, 0.717) is 24.6 Å². The molecular weight excluding hydrogens is 366 g/mol. The lowest BCUT2D eigenvalue weighted by atomic mass is 10.0. The molecule has 0 saturated heterocycles. The number of alkyl halides is 1. The van der Waals surface area contributed by atoms with Gasteiger partial charge in [0.15, 0.2) is 5.71 Å². The summed E-state index contributed by atoms with van der Waals surface area (Å²) in [4.78, 5) is 17.6. The summed E-state index contributed by atoms with van der Waals surface area (Å²) < 4.78 is 5.94. The molecule has 1 amide bonds. The highest BCUT2D eigenvalue weighted by molar-refractivity contribution is 6.45. The van der Waals surface area contributed by atoms with Crippen LogP contribution in [0.15, 0.2) is 53.7 Å². The highest BCUT2D eigenvalue weighted by Crippen LogP contribution is 2.19. The number of aryl methyl sites for hydroxylation is 1. The van der Waals surface area contributed by atoms with E-state index in [1.54, 1.807) is 12.1 Å². The molecule has 0 heterocycles. The van der Waals surface area contributed by atoms with Crippen LogP contribution in [0.25, 0.3) is 0 Å². The lowest BCUT2D eigenvalue weighted by molar-refractivity contribution is -0.118. The summed E-state index contributed by atoms with van der Waals surface area (Å²) in [6.45, 7) is 2.79. The van der Waals surface area contributed by atoms with Crippen LogP contribution in [0.2, 0.25) is 0 Å². The Morgan fingerprint density at radius 1 is 1.19 bits per heavy atom. The third-order valence-electron chi connectivity index (χ3n) is 3.86. The normalized spacial score (nSPS) is 11.4. The highest BCUT2D eigenvalue weighted by atomic mass is 35.5. The molecule has 1 N–H and O–H groups in total. The Balaban J connectivity index is 2.23. The number of nitrogens with zero attached hydrogens (tertiary/aromatic N) is 2. The molecule has 0 aromatic heterocycles. The van der Waals surface area contributed by atoms with Crippen molar-refractivity contribution in [3.05, 3.63) is 65.2 Å². The largest absolute Gasteiger partial charge is 0.489 e. The third kappa shape index (κ3) is 5.98. The Bertz CT molecular complexity index is 796. The van der Waals surface area contributed by atoms with Gasteiger partial charge in [-0.2, -0.15) is 0 Å². The first kappa shape index (κ1) is 20.7. The first-order valence-electron chi connectivity index (χ1n) is 8.52. The number of halogens is 1. The van der Waals surface area contributed by atoms with Gasteiger partial charge in [0.1, 0.15) is 19.5 Å². The van der Waals surface area contributed by atoms with Gasteiger partial charge in [-0.3, -0.25) is 10.2 Å². The van der Waals surface area contributed by atoms with Crippen LogP contribution in [0.5, 0.6) is 5.75 Å². The number of benzene rings is 2. The number of hydrogen-bond donors (Lipinski definition) is 1. The molecular formula is C20H24ClN3O3. The summed E-state index contributed by atoms with van der Waals surface area (Å²) in [5.41, 5.74) is 5.41. The van der Waals surface area contributed by atoms with Crippen molar-refractivity contribution in [1.29, 1.82) is 0 Å². The Morgan fingerprint density at radius 3 is 2.59 bits per heavy atom. The quantitative estimate of drug-likeness (QED) is 0.406. The second-order valence-electron chi connectivity index (χ2n) is 5.89. The van der Waals surface area contributed by atoms with Crippen molar-refractivity contribution in [3.63, 3.8) is 0 Å². The fraction of sp³-hybridized carbons (Fsp3) is 0.300. The molecule has 6 nitrogen and oxygen atoms in total. The fourth-order valence-electron chi connectivity index (χ4n) is 2.46. The minimum atomic E-state index is -0.382. The summed E-state index contributed by atoms with van der Waals surface area (Å²) >= 11 is 5.71. The van der Waals surface area contributed by atoms with E-state index in [9.17, 15) is 4.79 Å². The van der Waals surface area contributed by atoms with E-state index in [4.69, 9.17) is 21.2 Å². The minimum Gasteiger partial charge on any atom is -0.489 e. The predicted molar refractivity (Wildman–Crippen MR) is 107 cm³/mol. The first-order chi connectivity index (χ1) is 13.1. The molecule has 0 aliphatic rings. The summed E-state index contributed by atoms with van der Waals surface area (Å²) in [5, 5.41) is 5.53. The maximum Gasteiger partial charge on any atom is 0.288 e. The van der Waals surface area contributed by atoms with Crippen LogP contribution >= 0.6 is 11.6 Å². The Kier molecular flexibility index (Phi) is 8.10. The van der Waals surface area contributed by atoms with E-state index in [-0.39, 0.29) is 11.6 Å². The van der Waals surface area contributed by atoms with Gasteiger partial charge >= 0.3 is 0 Å². The zero-order valence-corrected chi connectivity index (χ0v) is 16.5. The molecule has 2 aromatic carbocycles. The van der Waals surface area contributed by atoms with E-state index >= 15 is 0 Å². The number of oxime groups is 1. The highest BCUT2D eigenvalue weighted by Gasteiger charge is 2.20. The molecule has 0 spiro atoms. The van der Waals surface area contributed by atoms with Gasteiger partial charge in [-0.25, -0.2) is 5.01 Å². The molecule has 0 bridgehead atoms. The maximum atomic E-state index is 12.7. The average molecular weight is 390 g/mol. The van der Waals surface area contributed by atoms with Crippen molar-refractivity contribution in [1.82, 2.24) is 10.4 Å². The molecule has 2 rings (SSSR count). The molecule has 0 atom stereocenters. The van der Waals surface area contributed by atoms with Crippen LogP contribution in [0.1, 0.15) is 16.7 Å². The van der Waals surface area contributed by atoms with Gasteiger partial charge in [0.05, 0.1) is 0 Å². The fourth-order valence-corrected chi connectivity index (χ4v) is 2.72. The van der Waals surface area contributed by atoms with Crippen LogP contribution in [-0.4, -0.2) is 43.2 Å². The van der Waals surface area contributed by atoms with Crippen molar-refractivity contribution in [2.45, 2.75) is 13.5 Å². The van der Waals surface area contributed by atoms with Crippen LogP contribution < -0.4 is 10.2 Å². The number of para-hydroxylation sites is 1. The number of carbonyl (C=O) groups excluding carboxylic acids is 1. The lowest BCUT2D eigenvalue weighted by Gasteiger charge is -2.18. The zero-order valence-electron chi connectivity index (χ0n) is 15.7. The summed E-state index contributed by atoms with van der Waals surface area (Å²) in [6.07, 6.45) is 0. The Hall–Kier alpha value is -2.57. The van der Waals surface area contributed by atoms with Crippen molar-refractivity contribution in [3.8, 4) is 5.75 Å². The Morgan fingerprint density at radius 2 is 1.89 bits per heavy atom. The van der Waals surface area contributed by atoms with Crippen LogP contribution in [0, 0.1) is 6.92 Å². The van der Waals surface area contributed by atoms with E-state index in [0.717, 1.165) is 16.9 Å². The van der Waals surface area contributed by atoms with E-state index in [1.807, 2.05) is 55.5 Å². The number of hydrazine groups is 1. The van der Waals surface area contributed by atoms with E-state index in [1.165, 1.54) is 7.11 Å². The van der Waals surface area contributed by atoms with Crippen molar-refractivity contribution >= 4 is 23.2 Å². The molecule has 144 valence electrons. The SMILES string of the molecule is CON=C(C(=O)NN(C)CCCl)c1ccccc1COc1ccccc1C. The summed E-state index contributed by atoms with van der Waals surface area (Å²) in [6, 6.07) is 15.2. The average Bonchev–Trinajstić information content (AvgIpc) is 2.66. The van der Waals surface area contributed by atoms with Crippen molar-refractivity contribution in [2.75, 3.05) is 26.6 Å². The smallest absolute Gasteiger partial charge is 0.288 e. The molecule has 0 saturated carbocycles. The predicted octanol–water partition coefficient (Wildman–Crippen LogP) is 3.13. The number of rotatable bonds is 9. The monoisotopic (exact) mass is 389 g/mol. The molecule has 0 unspecified atom stereocenters. The topological polar surface area (TPSA) is 63.2 Å². The Labute approximate surface area is 164 Å². The second-order valence-corrected chi connectivity index (χ2v) is 6.26. The zero-order chi connectivity index (χ0) is 19.6. The van der Waals surface area contributed by atoms with Crippen LogP contribution in [0.4, 0.5) is 0 Å². The molecule has 0 aliphatic carbocycles. The van der Waals surface area contributed by atoms with Gasteiger partial charge in [0, 0.05) is 25.0 Å². The number of ether oxygens (including phenoxy) is 1. The molecule has 0 fully saturated rings. The minimum absolute atomic E-state index is 0.169. The van der Waals surface area contributed by atoms with E-state index < -0.39 is 0 Å². The molecule has 7 heteroatoms. The van der Waals surface area contributed by atoms with Crippen LogP contribution in [0.3, 0.4) is 0 Å². The van der Waals surface area contributed by atoms with Gasteiger partial charge in [-0.15, -0.1) is 11.6 Å². The van der Waals surface area contributed by atoms with Crippen LogP contribution in [-0.2, 0) is 16.2 Å². The molecule has 2 aromatic rings. The first-order valence-corrected chi connectivity index (χ1v) is 9.06. The second kappa shape index (κ2) is 10.5. The number of hydrogen-bond acceptors (Lipinski definition) is 5. The summed E-state index contributed by atoms with van der Waals surface area (Å²) in [7, 11) is 3.14. The maximum absolute atomic E-state index is 12.7. The van der Waals surface area contributed by atoms with Crippen molar-refractivity contribution < 1.29 is 14.4 Å². The lowest BCUT2D eigenvalue weighted by Crippen LogP contribution is -2.44. The molecule has 27 heavy (non-hydrogen) atoms. The third-order valence-corrected chi connectivity index (χ3v) is 4.03. The van der Waals surface area contributed by atoms with Gasteiger partial charge in [0.2, 0.25) is 0 Å². The standard InChI is InChI=1S/C20H24ClN3O3/c1-15-8-4-7-11-18(15)27-14-16-9-5-6-10-17(16)19(23-26-3)20(25)22-24(2)13-12-21/h4-11H,12-14H2,1-3H3,(H,22,25). The summed E-state index contributed by atoms with van der Waals surface area (Å²) in [5.74, 6) is 0.811. The number of amides is 1. The molecule has 0 aliphatic heterocycles. The van der Waals surface area contributed by atoms with Gasteiger partial charge in [-0.1, -0.05) is 47.6 Å². The van der Waals surface area contributed by atoms with Gasteiger partial charge in [-0.05, 0) is 24.1 Å². The number of carbonyl (C=O) groups is 1. The van der Waals surface area contributed by atoms with Gasteiger partial charge in [0.25, 0.3) is 5.91 Å².